The van der Waals surface area contributed by atoms with Crippen LogP contribution in [0.15, 0.2) is 45.9 Å². The molecule has 5 fully saturated rings. The number of carbonyl (C=O) groups excluding carboxylic acids is 1. The first-order valence-electron chi connectivity index (χ1n) is 13.8. The molecule has 0 aromatic heterocycles. The van der Waals surface area contributed by atoms with E-state index >= 15 is 0 Å². The lowest BCUT2D eigenvalue weighted by molar-refractivity contribution is -0.316. The highest BCUT2D eigenvalue weighted by molar-refractivity contribution is 7.91. The fourth-order valence-corrected chi connectivity index (χ4v) is 11.9. The fraction of sp³-hybridized carbons (Fsp3) is 0.690. The second kappa shape index (κ2) is 9.89. The molecule has 190 valence electrons. The predicted molar refractivity (Wildman–Crippen MR) is 139 cm³/mol. The molecule has 6 aliphatic rings. The number of hydrogen-bond donors (Lipinski definition) is 0. The van der Waals surface area contributed by atoms with Crippen molar-refractivity contribution in [3.8, 4) is 0 Å². The molecule has 0 bridgehead atoms. The van der Waals surface area contributed by atoms with Gasteiger partial charge in [-0.1, -0.05) is 69.6 Å². The Kier molecular flexibility index (Phi) is 6.81. The van der Waals surface area contributed by atoms with Crippen molar-refractivity contribution in [2.24, 2.45) is 35.5 Å². The van der Waals surface area contributed by atoms with Gasteiger partial charge in [0.2, 0.25) is 0 Å². The van der Waals surface area contributed by atoms with Crippen molar-refractivity contribution in [1.29, 1.82) is 0 Å². The lowest BCUT2D eigenvalue weighted by Crippen LogP contribution is -2.38. The maximum absolute atomic E-state index is 13.1. The number of rotatable bonds is 3. The van der Waals surface area contributed by atoms with E-state index in [1.807, 2.05) is 0 Å². The van der Waals surface area contributed by atoms with Gasteiger partial charge in [-0.05, 0) is 67.4 Å². The van der Waals surface area contributed by atoms with Crippen LogP contribution >= 0.6 is 0 Å². The van der Waals surface area contributed by atoms with Crippen LogP contribution in [-0.2, 0) is 26.4 Å². The Morgan fingerprint density at radius 2 is 1.23 bits per heavy atom. The summed E-state index contributed by atoms with van der Waals surface area (Å²) in [5.74, 6) is 2.61. The summed E-state index contributed by atoms with van der Waals surface area (Å²) >= 11 is 0. The molecule has 2 aliphatic heterocycles. The Hall–Kier alpha value is -1.27. The zero-order valence-corrected chi connectivity index (χ0v) is 22.1. The van der Waals surface area contributed by atoms with Gasteiger partial charge in [-0.3, -0.25) is 13.2 Å². The summed E-state index contributed by atoms with van der Waals surface area (Å²) in [4.78, 5) is 14.0. The van der Waals surface area contributed by atoms with Crippen LogP contribution in [0, 0.1) is 35.5 Å². The maximum atomic E-state index is 13.1. The van der Waals surface area contributed by atoms with Crippen LogP contribution in [0.25, 0.3) is 0 Å². The maximum Gasteiger partial charge on any atom is 0.176 e. The molecular weight excluding hydrogens is 476 g/mol. The van der Waals surface area contributed by atoms with Gasteiger partial charge >= 0.3 is 0 Å². The summed E-state index contributed by atoms with van der Waals surface area (Å²) in [6, 6.07) is 0. The third kappa shape index (κ3) is 4.31. The second-order valence-corrected chi connectivity index (χ2v) is 15.1. The van der Waals surface area contributed by atoms with Crippen LogP contribution < -0.4 is 5.11 Å². The van der Waals surface area contributed by atoms with E-state index in [0.717, 1.165) is 25.7 Å². The van der Waals surface area contributed by atoms with E-state index in [1.165, 1.54) is 51.4 Å². The third-order valence-corrected chi connectivity index (χ3v) is 13.8. The molecule has 0 N–H and O–H groups in total. The van der Waals surface area contributed by atoms with E-state index in [0.29, 0.717) is 33.5 Å². The van der Waals surface area contributed by atoms with Crippen LogP contribution in [0.4, 0.5) is 0 Å². The van der Waals surface area contributed by atoms with Gasteiger partial charge in [0.1, 0.15) is 0 Å². The summed E-state index contributed by atoms with van der Waals surface area (Å²) in [5.41, 5.74) is 0. The van der Waals surface area contributed by atoms with E-state index in [4.69, 9.17) is 0 Å². The van der Waals surface area contributed by atoms with Crippen molar-refractivity contribution in [3.05, 3.63) is 45.9 Å². The van der Waals surface area contributed by atoms with E-state index in [2.05, 4.69) is 0 Å². The van der Waals surface area contributed by atoms with Crippen LogP contribution in [0.2, 0.25) is 0 Å². The fourth-order valence-electron chi connectivity index (χ4n) is 8.25. The van der Waals surface area contributed by atoms with Crippen molar-refractivity contribution >= 4 is 27.4 Å². The molecule has 4 aliphatic carbocycles. The minimum atomic E-state index is -1.22. The summed E-state index contributed by atoms with van der Waals surface area (Å²) in [6.45, 7) is 0. The van der Waals surface area contributed by atoms with Crippen molar-refractivity contribution < 1.29 is 18.3 Å². The van der Waals surface area contributed by atoms with E-state index < -0.39 is 21.6 Å². The first kappa shape index (κ1) is 24.1. The quantitative estimate of drug-likeness (QED) is 0.401. The number of hydrogen-bond acceptors (Lipinski definition) is 4. The number of fused-ring (bicyclic) bond motifs is 4. The van der Waals surface area contributed by atoms with Gasteiger partial charge in [0.05, 0.1) is 26.5 Å². The van der Waals surface area contributed by atoms with Gasteiger partial charge < -0.3 is 5.11 Å². The largest absolute Gasteiger partial charge is 0.874 e. The molecule has 10 atom stereocenters. The van der Waals surface area contributed by atoms with Crippen LogP contribution in [0.5, 0.6) is 0 Å². The summed E-state index contributed by atoms with van der Waals surface area (Å²) in [7, 11) is -2.44. The number of Topliss-reactive ketones (excluding diaryl/α,β-unsaturated/α-hetero) is 1. The summed E-state index contributed by atoms with van der Waals surface area (Å²) in [5, 5.41) is 13.0. The normalized spacial score (nSPS) is 46.7. The molecule has 0 amide bonds. The Bertz CT molecular complexity index is 1020. The van der Waals surface area contributed by atoms with E-state index in [9.17, 15) is 18.3 Å². The lowest BCUT2D eigenvalue weighted by Gasteiger charge is -2.42. The minimum absolute atomic E-state index is 0.00170. The minimum Gasteiger partial charge on any atom is -0.874 e. The Morgan fingerprint density at radius 3 is 1.86 bits per heavy atom. The van der Waals surface area contributed by atoms with Gasteiger partial charge in [0, 0.05) is 21.3 Å². The van der Waals surface area contributed by atoms with Gasteiger partial charge in [-0.25, -0.2) is 0 Å². The monoisotopic (exact) mass is 513 g/mol. The number of ketones is 1. The highest BCUT2D eigenvalue weighted by Crippen LogP contribution is 2.50. The molecular formula is C29H37O4S2-. The number of carbonyl (C=O) groups is 1. The average Bonchev–Trinajstić information content (AvgIpc) is 3.25. The van der Waals surface area contributed by atoms with Gasteiger partial charge in [0.25, 0.3) is 0 Å². The van der Waals surface area contributed by atoms with Crippen molar-refractivity contribution in [1.82, 2.24) is 0 Å². The molecule has 1 saturated heterocycles. The predicted octanol–water partition coefficient (Wildman–Crippen LogP) is 4.82. The van der Waals surface area contributed by atoms with E-state index in [-0.39, 0.29) is 33.9 Å². The van der Waals surface area contributed by atoms with Crippen molar-refractivity contribution in [2.45, 2.75) is 87.5 Å². The van der Waals surface area contributed by atoms with Crippen LogP contribution in [0.3, 0.4) is 0 Å². The Morgan fingerprint density at radius 1 is 0.686 bits per heavy atom. The van der Waals surface area contributed by atoms with Gasteiger partial charge in [-0.2, -0.15) is 0 Å². The summed E-state index contributed by atoms with van der Waals surface area (Å²) in [6.07, 6.45) is 22.4. The standard InChI is InChI=1S/C29H38O4S2/c30-28-22-14-18-8-4-6-10-20(18)16-26(22)34(32)24(28)12-2-1-3-13-25-29(31)23-15-19-9-5-7-11-21(19)17-27(23)35(25)33/h1-3,12-13,18-23,26-27,30H,4-11,14-17H2/p-1. The average molecular weight is 514 g/mol. The third-order valence-electron chi connectivity index (χ3n) is 10.1. The Labute approximate surface area is 214 Å². The zero-order chi connectivity index (χ0) is 24.1. The molecule has 4 saturated carbocycles. The molecule has 0 radical (unpaired) electrons. The lowest BCUT2D eigenvalue weighted by atomic mass is 9.66. The highest BCUT2D eigenvalue weighted by Gasteiger charge is 2.50. The van der Waals surface area contributed by atoms with Crippen LogP contribution in [0.1, 0.15) is 77.0 Å². The molecule has 10 unspecified atom stereocenters. The van der Waals surface area contributed by atoms with E-state index in [1.54, 1.807) is 30.4 Å². The highest BCUT2D eigenvalue weighted by atomic mass is 32.2. The van der Waals surface area contributed by atoms with Gasteiger partial charge in [-0.15, -0.1) is 5.76 Å². The van der Waals surface area contributed by atoms with Crippen LogP contribution in [-0.4, -0.2) is 24.7 Å². The van der Waals surface area contributed by atoms with Crippen molar-refractivity contribution in [3.63, 3.8) is 0 Å². The molecule has 4 nitrogen and oxygen atoms in total. The molecule has 2 heterocycles. The smallest absolute Gasteiger partial charge is 0.176 e. The molecule has 0 spiro atoms. The Balaban J connectivity index is 1.12. The zero-order valence-electron chi connectivity index (χ0n) is 20.4. The van der Waals surface area contributed by atoms with Gasteiger partial charge in [0.15, 0.2) is 5.78 Å². The first-order valence-corrected chi connectivity index (χ1v) is 16.3. The number of allylic oxidation sites excluding steroid dienone is 7. The topological polar surface area (TPSA) is 74.3 Å². The van der Waals surface area contributed by atoms with Crippen molar-refractivity contribution in [2.75, 3.05) is 0 Å². The molecule has 6 rings (SSSR count). The summed E-state index contributed by atoms with van der Waals surface area (Å²) < 4.78 is 26.2. The second-order valence-electron chi connectivity index (χ2n) is 11.8. The molecule has 0 aromatic rings. The molecule has 35 heavy (non-hydrogen) atoms. The molecule has 0 aromatic carbocycles. The first-order chi connectivity index (χ1) is 17.0. The SMILES string of the molecule is O=C1C(=CC=CC=CC2=C([O-])C3CC4CCCCC4CC3S2=O)S(=O)C2CC3CCCCC3CC12. The molecule has 6 heteroatoms.